The summed E-state index contributed by atoms with van der Waals surface area (Å²) < 4.78 is 0. The third-order valence-corrected chi connectivity index (χ3v) is 6.72. The van der Waals surface area contributed by atoms with E-state index in [1.807, 2.05) is 39.0 Å². The Labute approximate surface area is 211 Å². The highest BCUT2D eigenvalue weighted by molar-refractivity contribution is 5.84. The van der Waals surface area contributed by atoms with Crippen molar-refractivity contribution in [3.05, 3.63) is 65.0 Å². The molecule has 0 aliphatic carbocycles. The first kappa shape index (κ1) is 25.3. The molecular formula is C27H34N6O3. The molecule has 190 valence electrons. The number of tetrazole rings is 1. The van der Waals surface area contributed by atoms with Crippen LogP contribution in [-0.4, -0.2) is 48.5 Å². The van der Waals surface area contributed by atoms with Crippen molar-refractivity contribution in [2.24, 2.45) is 5.92 Å². The molecule has 9 nitrogen and oxygen atoms in total. The fraction of sp³-hybridized carbons (Fsp3) is 0.444. The topological polar surface area (TPSA) is 115 Å². The molecule has 1 aromatic heterocycles. The van der Waals surface area contributed by atoms with E-state index in [0.717, 1.165) is 48.2 Å². The van der Waals surface area contributed by atoms with Crippen LogP contribution in [0, 0.1) is 5.92 Å². The number of aliphatic carboxylic acids is 1. The largest absolute Gasteiger partial charge is 0.480 e. The normalized spacial score (nSPS) is 13.6. The van der Waals surface area contributed by atoms with E-state index in [4.69, 9.17) is 0 Å². The monoisotopic (exact) mass is 490 g/mol. The summed E-state index contributed by atoms with van der Waals surface area (Å²) >= 11 is 0. The van der Waals surface area contributed by atoms with Crippen molar-refractivity contribution in [3.8, 4) is 0 Å². The summed E-state index contributed by atoms with van der Waals surface area (Å²) in [6.45, 7) is 6.49. The van der Waals surface area contributed by atoms with Gasteiger partial charge in [0.15, 0.2) is 5.82 Å². The van der Waals surface area contributed by atoms with Gasteiger partial charge in [0.05, 0.1) is 6.54 Å². The molecule has 4 rings (SSSR count). The number of hydrogen-bond donors (Lipinski definition) is 2. The number of carboxylic acids is 1. The smallest absolute Gasteiger partial charge is 0.326 e. The Bertz CT molecular complexity index is 1190. The minimum Gasteiger partial charge on any atom is -0.480 e. The van der Waals surface area contributed by atoms with Gasteiger partial charge in [0.25, 0.3) is 0 Å². The van der Waals surface area contributed by atoms with Gasteiger partial charge in [-0.05, 0) is 64.4 Å². The van der Waals surface area contributed by atoms with E-state index < -0.39 is 12.0 Å². The number of carbonyl (C=O) groups excluding carboxylic acids is 1. The number of H-pyrrole nitrogens is 1. The maximum atomic E-state index is 13.1. The van der Waals surface area contributed by atoms with Crippen LogP contribution in [0.1, 0.15) is 62.5 Å². The number of para-hydroxylation sites is 1. The lowest BCUT2D eigenvalue weighted by molar-refractivity contribution is -0.153. The number of rotatable bonds is 10. The predicted octanol–water partition coefficient (Wildman–Crippen LogP) is 4.26. The van der Waals surface area contributed by atoms with E-state index in [1.165, 1.54) is 5.56 Å². The Morgan fingerprint density at radius 3 is 2.56 bits per heavy atom. The zero-order valence-electron chi connectivity index (χ0n) is 21.1. The first-order chi connectivity index (χ1) is 17.4. The van der Waals surface area contributed by atoms with Gasteiger partial charge in [0.2, 0.25) is 5.91 Å². The Balaban J connectivity index is 1.68. The van der Waals surface area contributed by atoms with Crippen LogP contribution in [0.3, 0.4) is 0 Å². The van der Waals surface area contributed by atoms with Gasteiger partial charge >= 0.3 is 5.97 Å². The molecule has 1 aliphatic heterocycles. The summed E-state index contributed by atoms with van der Waals surface area (Å²) in [4.78, 5) is 29.0. The highest BCUT2D eigenvalue weighted by Gasteiger charge is 2.32. The van der Waals surface area contributed by atoms with Gasteiger partial charge in [-0.3, -0.25) is 4.79 Å². The Morgan fingerprint density at radius 1 is 1.11 bits per heavy atom. The lowest BCUT2D eigenvalue weighted by Gasteiger charge is -2.32. The fourth-order valence-corrected chi connectivity index (χ4v) is 4.94. The van der Waals surface area contributed by atoms with Crippen molar-refractivity contribution in [1.82, 2.24) is 25.5 Å². The molecule has 0 radical (unpaired) electrons. The van der Waals surface area contributed by atoms with Gasteiger partial charge in [-0.1, -0.05) is 57.5 Å². The van der Waals surface area contributed by atoms with E-state index in [0.29, 0.717) is 18.8 Å². The molecule has 3 aromatic rings. The number of aromatic nitrogens is 4. The zero-order valence-corrected chi connectivity index (χ0v) is 21.1. The van der Waals surface area contributed by atoms with Gasteiger partial charge < -0.3 is 14.9 Å². The van der Waals surface area contributed by atoms with Crippen LogP contribution in [0.4, 0.5) is 11.4 Å². The van der Waals surface area contributed by atoms with E-state index in [1.54, 1.807) is 4.90 Å². The minimum absolute atomic E-state index is 0.111. The number of anilines is 2. The SMILES string of the molecule is CCCCC(=O)N(Cc1ccc2c(c1)CCc1ccccc1N2Cc1nnn[nH]1)C(C(=O)O)C(C)C. The van der Waals surface area contributed by atoms with Gasteiger partial charge in [0, 0.05) is 24.3 Å². The number of carbonyl (C=O) groups is 2. The molecule has 0 saturated carbocycles. The van der Waals surface area contributed by atoms with Crippen LogP contribution in [0.25, 0.3) is 0 Å². The molecule has 0 saturated heterocycles. The van der Waals surface area contributed by atoms with Gasteiger partial charge in [-0.2, -0.15) is 0 Å². The summed E-state index contributed by atoms with van der Waals surface area (Å²) in [5.41, 5.74) is 5.49. The summed E-state index contributed by atoms with van der Waals surface area (Å²) in [5.74, 6) is -0.614. The molecule has 9 heteroatoms. The Kier molecular flexibility index (Phi) is 7.97. The molecule has 2 aromatic carbocycles. The van der Waals surface area contributed by atoms with Crippen molar-refractivity contribution in [1.29, 1.82) is 0 Å². The van der Waals surface area contributed by atoms with E-state index in [9.17, 15) is 14.7 Å². The second kappa shape index (κ2) is 11.3. The average molecular weight is 491 g/mol. The highest BCUT2D eigenvalue weighted by atomic mass is 16.4. The molecule has 0 fully saturated rings. The predicted molar refractivity (Wildman–Crippen MR) is 137 cm³/mol. The second-order valence-electron chi connectivity index (χ2n) is 9.68. The fourth-order valence-electron chi connectivity index (χ4n) is 4.94. The number of nitrogens with zero attached hydrogens (tertiary/aromatic N) is 5. The van der Waals surface area contributed by atoms with E-state index >= 15 is 0 Å². The lowest BCUT2D eigenvalue weighted by Crippen LogP contribution is -2.47. The number of hydrogen-bond acceptors (Lipinski definition) is 6. The van der Waals surface area contributed by atoms with Gasteiger partial charge in [0.1, 0.15) is 6.04 Å². The van der Waals surface area contributed by atoms with Crippen LogP contribution in [0.2, 0.25) is 0 Å². The average Bonchev–Trinajstić information content (AvgIpc) is 3.32. The Hall–Kier alpha value is -3.75. The maximum Gasteiger partial charge on any atom is 0.326 e. The van der Waals surface area contributed by atoms with E-state index in [-0.39, 0.29) is 18.4 Å². The van der Waals surface area contributed by atoms with Crippen LogP contribution < -0.4 is 4.90 Å². The number of unbranched alkanes of at least 4 members (excludes halogenated alkanes) is 1. The number of aryl methyl sites for hydroxylation is 2. The highest BCUT2D eigenvalue weighted by Crippen LogP contribution is 2.37. The number of carboxylic acid groups (broad SMARTS) is 1. The molecule has 0 bridgehead atoms. The Morgan fingerprint density at radius 2 is 1.86 bits per heavy atom. The second-order valence-corrected chi connectivity index (χ2v) is 9.68. The third kappa shape index (κ3) is 5.56. The van der Waals surface area contributed by atoms with Crippen LogP contribution in [0.15, 0.2) is 42.5 Å². The van der Waals surface area contributed by atoms with Crippen molar-refractivity contribution in [3.63, 3.8) is 0 Å². The molecule has 2 N–H and O–H groups in total. The first-order valence-corrected chi connectivity index (χ1v) is 12.6. The van der Waals surface area contributed by atoms with Crippen molar-refractivity contribution in [2.75, 3.05) is 4.90 Å². The third-order valence-electron chi connectivity index (χ3n) is 6.72. The van der Waals surface area contributed by atoms with Crippen molar-refractivity contribution in [2.45, 2.75) is 72.0 Å². The number of benzene rings is 2. The van der Waals surface area contributed by atoms with Crippen LogP contribution in [0.5, 0.6) is 0 Å². The number of fused-ring (bicyclic) bond motifs is 2. The lowest BCUT2D eigenvalue weighted by atomic mass is 9.99. The molecule has 1 unspecified atom stereocenters. The van der Waals surface area contributed by atoms with E-state index in [2.05, 4.69) is 49.8 Å². The molecule has 1 amide bonds. The van der Waals surface area contributed by atoms with Gasteiger partial charge in [-0.15, -0.1) is 5.10 Å². The molecular weight excluding hydrogens is 456 g/mol. The first-order valence-electron chi connectivity index (χ1n) is 12.6. The van der Waals surface area contributed by atoms with Gasteiger partial charge in [-0.25, -0.2) is 9.89 Å². The number of aromatic amines is 1. The number of amides is 1. The summed E-state index contributed by atoms with van der Waals surface area (Å²) in [7, 11) is 0. The zero-order chi connectivity index (χ0) is 25.7. The van der Waals surface area contributed by atoms with Crippen molar-refractivity contribution >= 4 is 23.3 Å². The van der Waals surface area contributed by atoms with Crippen LogP contribution in [-0.2, 0) is 35.5 Å². The minimum atomic E-state index is -0.966. The summed E-state index contributed by atoms with van der Waals surface area (Å²) in [5, 5.41) is 24.3. The molecule has 0 spiro atoms. The maximum absolute atomic E-state index is 13.1. The number of nitrogens with one attached hydrogen (secondary N) is 1. The molecule has 1 aliphatic rings. The quantitative estimate of drug-likeness (QED) is 0.436. The molecule has 1 atom stereocenters. The van der Waals surface area contributed by atoms with Crippen LogP contribution >= 0.6 is 0 Å². The molecule has 2 heterocycles. The summed E-state index contributed by atoms with van der Waals surface area (Å²) in [6, 6.07) is 13.6. The van der Waals surface area contributed by atoms with Crippen molar-refractivity contribution < 1.29 is 14.7 Å². The summed E-state index contributed by atoms with van der Waals surface area (Å²) in [6.07, 6.45) is 3.69. The molecule has 36 heavy (non-hydrogen) atoms. The standard InChI is InChI=1S/C27H34N6O3/c1-4-5-10-25(34)33(26(18(2)3)27(35)36)16-19-11-14-23-21(15-19)13-12-20-8-6-7-9-22(20)32(23)17-24-28-30-31-29-24/h6-9,11,14-15,18,26H,4-5,10,12-13,16-17H2,1-3H3,(H,35,36)(H,28,29,30,31).